The molecule has 1 fully saturated rings. The molecule has 0 bridgehead atoms. The number of piperazine rings is 1. The Morgan fingerprint density at radius 2 is 1.66 bits per heavy atom. The van der Waals surface area contributed by atoms with Crippen molar-refractivity contribution in [3.8, 4) is 0 Å². The van der Waals surface area contributed by atoms with Crippen molar-refractivity contribution in [1.29, 1.82) is 0 Å². The first kappa shape index (κ1) is 20.0. The van der Waals surface area contributed by atoms with Crippen molar-refractivity contribution in [3.63, 3.8) is 0 Å². The third-order valence-electron chi connectivity index (χ3n) is 6.75. The van der Waals surface area contributed by atoms with Gasteiger partial charge in [0, 0.05) is 51.4 Å². The van der Waals surface area contributed by atoms with Crippen molar-refractivity contribution in [3.05, 3.63) is 65.5 Å². The lowest BCUT2D eigenvalue weighted by Gasteiger charge is -2.45. The number of aromatic nitrogens is 1. The normalized spacial score (nSPS) is 20.2. The van der Waals surface area contributed by atoms with E-state index < -0.39 is 5.54 Å². The van der Waals surface area contributed by atoms with Crippen molar-refractivity contribution in [2.24, 2.45) is 0 Å². The van der Waals surface area contributed by atoms with Crippen molar-refractivity contribution in [2.45, 2.75) is 44.7 Å². The molecule has 29 heavy (non-hydrogen) atoms. The van der Waals surface area contributed by atoms with Gasteiger partial charge in [-0.2, -0.15) is 0 Å². The first-order valence-electron chi connectivity index (χ1n) is 10.9. The summed E-state index contributed by atoms with van der Waals surface area (Å²) >= 11 is 0. The number of hydrogen-bond acceptors (Lipinski definition) is 4. The molecule has 0 saturated carbocycles. The number of carbonyl (C=O) groups excluding carboxylic acids is 1. The summed E-state index contributed by atoms with van der Waals surface area (Å²) in [6, 6.07) is 12.6. The average Bonchev–Trinajstić information content (AvgIpc) is 3.19. The minimum Gasteiger partial charge on any atom is -0.348 e. The molecule has 0 spiro atoms. The predicted molar refractivity (Wildman–Crippen MR) is 116 cm³/mol. The van der Waals surface area contributed by atoms with E-state index in [4.69, 9.17) is 0 Å². The Kier molecular flexibility index (Phi) is 5.97. The van der Waals surface area contributed by atoms with Crippen molar-refractivity contribution in [1.82, 2.24) is 20.1 Å². The quantitative estimate of drug-likeness (QED) is 0.821. The molecule has 1 N–H and O–H groups in total. The molecular formula is C24H32N4O. The van der Waals surface area contributed by atoms with Gasteiger partial charge >= 0.3 is 0 Å². The SMILES string of the molecule is CC[C@@H](NC(=O)C1(N2CCN(CC)CC2)Cc2ccccc2C1)c1ccncc1. The Bertz CT molecular complexity index is 805. The fraction of sp³-hybridized carbons (Fsp3) is 0.500. The van der Waals surface area contributed by atoms with Crippen molar-refractivity contribution >= 4 is 5.91 Å². The topological polar surface area (TPSA) is 48.5 Å². The summed E-state index contributed by atoms with van der Waals surface area (Å²) in [6.07, 6.45) is 6.06. The maximum absolute atomic E-state index is 13.8. The lowest BCUT2D eigenvalue weighted by Crippen LogP contribution is -2.64. The lowest BCUT2D eigenvalue weighted by molar-refractivity contribution is -0.135. The number of carbonyl (C=O) groups is 1. The van der Waals surface area contributed by atoms with Crippen LogP contribution < -0.4 is 5.32 Å². The number of pyridine rings is 1. The summed E-state index contributed by atoms with van der Waals surface area (Å²) in [5.74, 6) is 0.169. The highest BCUT2D eigenvalue weighted by atomic mass is 16.2. The molecule has 1 aliphatic heterocycles. The first-order chi connectivity index (χ1) is 14.2. The monoisotopic (exact) mass is 392 g/mol. The lowest BCUT2D eigenvalue weighted by atomic mass is 9.90. The zero-order valence-electron chi connectivity index (χ0n) is 17.6. The summed E-state index contributed by atoms with van der Waals surface area (Å²) in [5, 5.41) is 3.40. The zero-order chi connectivity index (χ0) is 20.3. The minimum atomic E-state index is -0.482. The molecule has 5 heteroatoms. The maximum Gasteiger partial charge on any atom is 0.241 e. The number of amides is 1. The Labute approximate surface area is 174 Å². The van der Waals surface area contributed by atoms with Gasteiger partial charge < -0.3 is 10.2 Å². The number of nitrogens with zero attached hydrogens (tertiary/aromatic N) is 3. The maximum atomic E-state index is 13.8. The summed E-state index contributed by atoms with van der Waals surface area (Å²) in [7, 11) is 0. The molecule has 1 saturated heterocycles. The van der Waals surface area contributed by atoms with Gasteiger partial charge in [0.2, 0.25) is 5.91 Å². The number of nitrogens with one attached hydrogen (secondary N) is 1. The first-order valence-corrected chi connectivity index (χ1v) is 10.9. The van der Waals surface area contributed by atoms with Crippen LogP contribution in [0.5, 0.6) is 0 Å². The summed E-state index contributed by atoms with van der Waals surface area (Å²) in [6.45, 7) is 9.37. The van der Waals surface area contributed by atoms with Gasteiger partial charge in [0.05, 0.1) is 6.04 Å². The molecule has 1 aromatic carbocycles. The molecule has 1 amide bonds. The Hall–Kier alpha value is -2.24. The molecule has 5 nitrogen and oxygen atoms in total. The van der Waals surface area contributed by atoms with Crippen LogP contribution in [0.15, 0.2) is 48.8 Å². The van der Waals surface area contributed by atoms with E-state index >= 15 is 0 Å². The van der Waals surface area contributed by atoms with Crippen LogP contribution in [0.25, 0.3) is 0 Å². The van der Waals surface area contributed by atoms with E-state index in [0.29, 0.717) is 0 Å². The molecule has 2 heterocycles. The third-order valence-corrected chi connectivity index (χ3v) is 6.75. The largest absolute Gasteiger partial charge is 0.348 e. The van der Waals surface area contributed by atoms with E-state index in [1.165, 1.54) is 11.1 Å². The van der Waals surface area contributed by atoms with E-state index in [1.807, 2.05) is 12.1 Å². The number of benzene rings is 1. The van der Waals surface area contributed by atoms with Gasteiger partial charge in [0.25, 0.3) is 0 Å². The van der Waals surface area contributed by atoms with Crippen LogP contribution >= 0.6 is 0 Å². The second-order valence-corrected chi connectivity index (χ2v) is 8.29. The summed E-state index contributed by atoms with van der Waals surface area (Å²) in [5.41, 5.74) is 3.27. The molecular weight excluding hydrogens is 360 g/mol. The van der Waals surface area contributed by atoms with Crippen LogP contribution in [0.4, 0.5) is 0 Å². The van der Waals surface area contributed by atoms with Gasteiger partial charge in [-0.15, -0.1) is 0 Å². The zero-order valence-corrected chi connectivity index (χ0v) is 17.6. The van der Waals surface area contributed by atoms with Gasteiger partial charge in [-0.3, -0.25) is 14.7 Å². The van der Waals surface area contributed by atoms with Gasteiger partial charge in [-0.1, -0.05) is 38.1 Å². The van der Waals surface area contributed by atoms with Crippen LogP contribution in [0.1, 0.15) is 43.0 Å². The van der Waals surface area contributed by atoms with Gasteiger partial charge in [-0.05, 0) is 41.8 Å². The van der Waals surface area contributed by atoms with Crippen molar-refractivity contribution in [2.75, 3.05) is 32.7 Å². The average molecular weight is 393 g/mol. The highest BCUT2D eigenvalue weighted by molar-refractivity contribution is 5.88. The van der Waals surface area contributed by atoms with Crippen LogP contribution in [0, 0.1) is 0 Å². The highest BCUT2D eigenvalue weighted by Crippen LogP contribution is 2.36. The highest BCUT2D eigenvalue weighted by Gasteiger charge is 2.49. The Morgan fingerprint density at radius 1 is 1.03 bits per heavy atom. The van der Waals surface area contributed by atoms with E-state index in [2.05, 4.69) is 58.2 Å². The number of hydrogen-bond donors (Lipinski definition) is 1. The second-order valence-electron chi connectivity index (χ2n) is 8.29. The number of fused-ring (bicyclic) bond motifs is 1. The fourth-order valence-corrected chi connectivity index (χ4v) is 4.92. The molecule has 1 aliphatic carbocycles. The van der Waals surface area contributed by atoms with Gasteiger partial charge in [0.1, 0.15) is 5.54 Å². The second kappa shape index (κ2) is 8.64. The molecule has 154 valence electrons. The molecule has 2 aliphatic rings. The minimum absolute atomic E-state index is 0.0167. The van der Waals surface area contributed by atoms with Crippen molar-refractivity contribution < 1.29 is 4.79 Å². The molecule has 0 unspecified atom stereocenters. The van der Waals surface area contributed by atoms with E-state index in [0.717, 1.165) is 57.5 Å². The molecule has 4 rings (SSSR count). The Balaban J connectivity index is 1.60. The van der Waals surface area contributed by atoms with Crippen LogP contribution in [-0.2, 0) is 17.6 Å². The summed E-state index contributed by atoms with van der Waals surface area (Å²) < 4.78 is 0. The predicted octanol–water partition coefficient (Wildman–Crippen LogP) is 2.82. The number of rotatable bonds is 6. The fourth-order valence-electron chi connectivity index (χ4n) is 4.92. The molecule has 2 aromatic rings. The third kappa shape index (κ3) is 3.94. The number of likely N-dealkylation sites (N-methyl/N-ethyl adjacent to an activating group) is 1. The summed E-state index contributed by atoms with van der Waals surface area (Å²) in [4.78, 5) is 22.9. The Morgan fingerprint density at radius 3 is 2.21 bits per heavy atom. The molecule has 1 aromatic heterocycles. The van der Waals surface area contributed by atoms with E-state index in [1.54, 1.807) is 12.4 Å². The van der Waals surface area contributed by atoms with E-state index in [9.17, 15) is 4.79 Å². The molecule has 1 atom stereocenters. The van der Waals surface area contributed by atoms with Crippen LogP contribution in [0.2, 0.25) is 0 Å². The van der Waals surface area contributed by atoms with Crippen LogP contribution in [0.3, 0.4) is 0 Å². The van der Waals surface area contributed by atoms with Gasteiger partial charge in [0.15, 0.2) is 0 Å². The van der Waals surface area contributed by atoms with Crippen LogP contribution in [-0.4, -0.2) is 59.0 Å². The van der Waals surface area contributed by atoms with E-state index in [-0.39, 0.29) is 11.9 Å². The van der Waals surface area contributed by atoms with Gasteiger partial charge in [-0.25, -0.2) is 0 Å². The molecule has 0 radical (unpaired) electrons. The standard InChI is InChI=1S/C24H32N4O/c1-3-22(19-9-11-25-12-10-19)26-23(29)24(28-15-13-27(4-2)14-16-28)17-20-7-5-6-8-21(20)18-24/h5-12,22H,3-4,13-18H2,1-2H3,(H,26,29)/t22-/m1/s1. The smallest absolute Gasteiger partial charge is 0.241 e.